The molecule has 2 nitrogen and oxygen atoms in total. The van der Waals surface area contributed by atoms with E-state index in [1.165, 1.54) is 30.0 Å². The summed E-state index contributed by atoms with van der Waals surface area (Å²) in [4.78, 5) is 13.4. The fourth-order valence-corrected chi connectivity index (χ4v) is 4.84. The van der Waals surface area contributed by atoms with Gasteiger partial charge in [-0.25, -0.2) is 4.79 Å². The van der Waals surface area contributed by atoms with Crippen LogP contribution in [0.3, 0.4) is 0 Å². The zero-order chi connectivity index (χ0) is 19.0. The number of methoxy groups -OCH3 is 1. The van der Waals surface area contributed by atoms with Gasteiger partial charge in [-0.15, -0.1) is 0 Å². The number of benzene rings is 2. The molecule has 0 radical (unpaired) electrons. The van der Waals surface area contributed by atoms with Crippen molar-refractivity contribution in [3.63, 3.8) is 0 Å². The van der Waals surface area contributed by atoms with Crippen molar-refractivity contribution >= 4 is 45.3 Å². The first-order chi connectivity index (χ1) is 12.4. The number of ether oxygens (including phenoxy) is 1. The topological polar surface area (TPSA) is 26.3 Å². The molecule has 0 amide bonds. The third-order valence-corrected chi connectivity index (χ3v) is 6.83. The predicted octanol–water partition coefficient (Wildman–Crippen LogP) is 6.81. The minimum atomic E-state index is -0.739. The van der Waals surface area contributed by atoms with E-state index in [9.17, 15) is 4.79 Å². The van der Waals surface area contributed by atoms with E-state index in [1.54, 1.807) is 0 Å². The molecule has 0 aliphatic carbocycles. The molecule has 2 aromatic rings. The monoisotopic (exact) mass is 454 g/mol. The van der Waals surface area contributed by atoms with E-state index in [1.807, 2.05) is 24.3 Å². The van der Waals surface area contributed by atoms with Gasteiger partial charge in [0.25, 0.3) is 0 Å². The summed E-state index contributed by atoms with van der Waals surface area (Å²) in [6.45, 7) is 2.05. The largest absolute Gasteiger partial charge is 0.467 e. The number of carbonyl (C=O) groups excluding carboxylic acids is 1. The van der Waals surface area contributed by atoms with Gasteiger partial charge in [-0.2, -0.15) is 0 Å². The number of unbranched alkanes of at least 4 members (excludes halogenated alkanes) is 2. The maximum atomic E-state index is 12.3. The molecule has 0 aliphatic heterocycles. The quantitative estimate of drug-likeness (QED) is 0.180. The van der Waals surface area contributed by atoms with E-state index in [0.29, 0.717) is 0 Å². The minimum absolute atomic E-state index is 0.235. The summed E-state index contributed by atoms with van der Waals surface area (Å²) >= 11 is 11.1. The molecule has 0 heterocycles. The Morgan fingerprint density at radius 2 is 1.73 bits per heavy atom. The molecule has 0 aliphatic rings. The lowest BCUT2D eigenvalue weighted by Crippen LogP contribution is -2.29. The molecule has 26 heavy (non-hydrogen) atoms. The Hall–Kier alpha value is -0.970. The van der Waals surface area contributed by atoms with Crippen molar-refractivity contribution in [2.45, 2.75) is 47.6 Å². The molecule has 5 heteroatoms. The molecule has 140 valence electrons. The first-order valence-corrected chi connectivity index (χ1v) is 10.7. The van der Waals surface area contributed by atoms with Crippen LogP contribution in [-0.2, 0) is 16.0 Å². The van der Waals surface area contributed by atoms with Gasteiger partial charge in [0.15, 0.2) is 3.66 Å². The summed E-state index contributed by atoms with van der Waals surface area (Å²) < 4.78 is 4.29. The van der Waals surface area contributed by atoms with Crippen molar-refractivity contribution in [2.75, 3.05) is 7.11 Å². The second kappa shape index (κ2) is 10.4. The average molecular weight is 456 g/mol. The number of rotatable bonds is 9. The Bertz CT molecular complexity index is 703. The summed E-state index contributed by atoms with van der Waals surface area (Å²) in [6.07, 6.45) is 4.84. The van der Waals surface area contributed by atoms with Crippen molar-refractivity contribution in [3.8, 4) is 0 Å². The normalized spacial score (nSPS) is 13.2. The Kier molecular flexibility index (Phi) is 8.52. The van der Waals surface area contributed by atoms with E-state index in [-0.39, 0.29) is 5.97 Å². The zero-order valence-electron chi connectivity index (χ0n) is 15.1. The van der Waals surface area contributed by atoms with E-state index in [0.717, 1.165) is 42.0 Å². The highest BCUT2D eigenvalue weighted by molar-refractivity contribution is 9.12. The highest BCUT2D eigenvalue weighted by Crippen LogP contribution is 2.43. The van der Waals surface area contributed by atoms with Gasteiger partial charge < -0.3 is 4.74 Å². The Morgan fingerprint density at radius 1 is 1.08 bits per heavy atom. The smallest absolute Gasteiger partial charge is 0.333 e. The number of esters is 1. The fraction of sp³-hybridized carbons (Fsp3) is 0.381. The molecular formula is C21H24BrClO2S. The summed E-state index contributed by atoms with van der Waals surface area (Å²) in [6, 6.07) is 16.2. The van der Waals surface area contributed by atoms with Gasteiger partial charge in [0.2, 0.25) is 0 Å². The molecule has 0 saturated carbocycles. The number of carbonyl (C=O) groups is 1. The molecule has 0 N–H and O–H groups in total. The van der Waals surface area contributed by atoms with Gasteiger partial charge in [0.05, 0.1) is 7.11 Å². The Morgan fingerprint density at radius 3 is 2.35 bits per heavy atom. The van der Waals surface area contributed by atoms with Gasteiger partial charge >= 0.3 is 5.97 Å². The Balaban J connectivity index is 1.85. The molecule has 0 fully saturated rings. The summed E-state index contributed by atoms with van der Waals surface area (Å²) in [5.74, 6) is -0.235. The van der Waals surface area contributed by atoms with E-state index in [2.05, 4.69) is 47.1 Å². The van der Waals surface area contributed by atoms with Crippen LogP contribution in [-0.4, -0.2) is 16.7 Å². The lowest BCUT2D eigenvalue weighted by molar-refractivity contribution is -0.140. The lowest BCUT2D eigenvalue weighted by atomic mass is 10.1. The van der Waals surface area contributed by atoms with Crippen molar-refractivity contribution in [1.82, 2.24) is 0 Å². The molecule has 0 saturated heterocycles. The van der Waals surface area contributed by atoms with E-state index in [4.69, 9.17) is 16.3 Å². The van der Waals surface area contributed by atoms with E-state index < -0.39 is 3.66 Å². The molecule has 1 atom stereocenters. The van der Waals surface area contributed by atoms with Crippen LogP contribution in [0, 0.1) is 6.92 Å². The minimum Gasteiger partial charge on any atom is -0.467 e. The van der Waals surface area contributed by atoms with Crippen molar-refractivity contribution in [1.29, 1.82) is 0 Å². The van der Waals surface area contributed by atoms with Crippen molar-refractivity contribution in [3.05, 3.63) is 64.7 Å². The van der Waals surface area contributed by atoms with Crippen LogP contribution in [0.1, 0.15) is 36.8 Å². The van der Waals surface area contributed by atoms with Gasteiger partial charge in [-0.3, -0.25) is 0 Å². The van der Waals surface area contributed by atoms with Crippen LogP contribution in [0.5, 0.6) is 0 Å². The maximum absolute atomic E-state index is 12.3. The van der Waals surface area contributed by atoms with Gasteiger partial charge in [-0.1, -0.05) is 82.0 Å². The van der Waals surface area contributed by atoms with E-state index >= 15 is 0 Å². The highest BCUT2D eigenvalue weighted by atomic mass is 79.9. The second-order valence-corrected chi connectivity index (χ2v) is 10.0. The van der Waals surface area contributed by atoms with Crippen LogP contribution in [0.4, 0.5) is 0 Å². The fourth-order valence-electron chi connectivity index (χ4n) is 2.65. The third-order valence-electron chi connectivity index (χ3n) is 4.17. The number of hydrogen-bond acceptors (Lipinski definition) is 3. The molecule has 0 bridgehead atoms. The Labute approximate surface area is 173 Å². The molecule has 2 rings (SSSR count). The van der Waals surface area contributed by atoms with Gasteiger partial charge in [-0.05, 0) is 56.0 Å². The molecular weight excluding hydrogens is 432 g/mol. The number of hydrogen-bond donors (Lipinski definition) is 0. The highest BCUT2D eigenvalue weighted by Gasteiger charge is 2.37. The second-order valence-electron chi connectivity index (χ2n) is 6.32. The summed E-state index contributed by atoms with van der Waals surface area (Å²) in [5, 5.41) is 0.768. The number of aryl methyl sites for hydroxylation is 2. The SMILES string of the molecule is COC(=O)C(Br)(CCCCCc1ccc(Cl)cc1)Sc1ccc(C)cc1. The molecule has 2 aromatic carbocycles. The van der Waals surface area contributed by atoms with Crippen LogP contribution in [0.15, 0.2) is 53.4 Å². The van der Waals surface area contributed by atoms with Gasteiger partial charge in [0.1, 0.15) is 0 Å². The maximum Gasteiger partial charge on any atom is 0.333 e. The van der Waals surface area contributed by atoms with Crippen LogP contribution in [0.2, 0.25) is 5.02 Å². The lowest BCUT2D eigenvalue weighted by Gasteiger charge is -2.24. The third kappa shape index (κ3) is 6.64. The number of thioether (sulfide) groups is 1. The number of alkyl halides is 1. The first-order valence-electron chi connectivity index (χ1n) is 8.70. The first kappa shape index (κ1) is 21.3. The average Bonchev–Trinajstić information content (AvgIpc) is 2.64. The van der Waals surface area contributed by atoms with Crippen molar-refractivity contribution < 1.29 is 9.53 Å². The predicted molar refractivity (Wildman–Crippen MR) is 114 cm³/mol. The number of halogens is 2. The zero-order valence-corrected chi connectivity index (χ0v) is 18.3. The molecule has 0 aromatic heterocycles. The molecule has 1 unspecified atom stereocenters. The standard InChI is InChI=1S/C21H24BrClO2S/c1-16-7-13-19(14-8-16)26-21(22,20(24)25-2)15-5-3-4-6-17-9-11-18(23)12-10-17/h7-14H,3-6,15H2,1-2H3. The van der Waals surface area contributed by atoms with Crippen LogP contribution >= 0.6 is 39.3 Å². The van der Waals surface area contributed by atoms with Crippen molar-refractivity contribution in [2.24, 2.45) is 0 Å². The van der Waals surface area contributed by atoms with Crippen LogP contribution in [0.25, 0.3) is 0 Å². The molecule has 0 spiro atoms. The summed E-state index contributed by atoms with van der Waals surface area (Å²) in [7, 11) is 1.44. The summed E-state index contributed by atoms with van der Waals surface area (Å²) in [5.41, 5.74) is 2.50. The van der Waals surface area contributed by atoms with Crippen LogP contribution < -0.4 is 0 Å². The van der Waals surface area contributed by atoms with Gasteiger partial charge in [0, 0.05) is 9.92 Å².